The second-order valence-corrected chi connectivity index (χ2v) is 7.79. The average Bonchev–Trinajstić information content (AvgIpc) is 2.38. The lowest BCUT2D eigenvalue weighted by Crippen LogP contribution is -1.99. The third kappa shape index (κ3) is 3.69. The molecule has 0 aliphatic rings. The summed E-state index contributed by atoms with van der Waals surface area (Å²) in [5.41, 5.74) is 7.38. The average molecular weight is 328 g/mol. The van der Waals surface area contributed by atoms with Crippen molar-refractivity contribution in [3.8, 4) is 0 Å². The largest absolute Gasteiger partial charge is 0.398 e. The summed E-state index contributed by atoms with van der Waals surface area (Å²) in [5.74, 6) is 0.683. The van der Waals surface area contributed by atoms with Crippen molar-refractivity contribution >= 4 is 38.9 Å². The normalized spacial score (nSPS) is 11.5. The molecule has 0 saturated heterocycles. The second-order valence-electron chi connectivity index (χ2n) is 4.35. The molecule has 0 radical (unpaired) electrons. The smallest absolute Gasteiger partial charge is 0.175 e. The Balaban J connectivity index is 2.17. The molecule has 0 aliphatic carbocycles. The number of nitrogens with two attached hydrogens (primary N) is 1. The van der Waals surface area contributed by atoms with Crippen LogP contribution in [0, 0.1) is 0 Å². The fraction of sp³-hybridized carbons (Fsp3) is 0.143. The van der Waals surface area contributed by atoms with Crippen molar-refractivity contribution in [3.05, 3.63) is 53.1 Å². The number of thioether (sulfide) groups is 1. The molecule has 0 unspecified atom stereocenters. The molecular weight excluding hydrogens is 314 g/mol. The number of nitrogen functional groups attached to an aromatic ring is 1. The molecule has 6 heteroatoms. The minimum Gasteiger partial charge on any atom is -0.398 e. The highest BCUT2D eigenvalue weighted by atomic mass is 35.5. The Labute approximate surface area is 128 Å². The van der Waals surface area contributed by atoms with Crippen LogP contribution in [0.15, 0.2) is 52.3 Å². The molecule has 0 fully saturated rings. The summed E-state index contributed by atoms with van der Waals surface area (Å²) in [4.78, 5) is 1.08. The summed E-state index contributed by atoms with van der Waals surface area (Å²) >= 11 is 7.62. The SMILES string of the molecule is CS(=O)(=O)c1ccc(SCc2ccccc2Cl)c(N)c1. The first-order chi connectivity index (χ1) is 9.38. The van der Waals surface area contributed by atoms with Crippen molar-refractivity contribution in [2.24, 2.45) is 0 Å². The van der Waals surface area contributed by atoms with Crippen LogP contribution >= 0.6 is 23.4 Å². The van der Waals surface area contributed by atoms with Gasteiger partial charge in [0.1, 0.15) is 0 Å². The van der Waals surface area contributed by atoms with Gasteiger partial charge in [-0.2, -0.15) is 0 Å². The van der Waals surface area contributed by atoms with Crippen molar-refractivity contribution in [2.45, 2.75) is 15.5 Å². The van der Waals surface area contributed by atoms with Crippen molar-refractivity contribution in [1.29, 1.82) is 0 Å². The van der Waals surface area contributed by atoms with E-state index in [1.165, 1.54) is 24.1 Å². The minimum absolute atomic E-state index is 0.233. The van der Waals surface area contributed by atoms with Crippen LogP contribution in [-0.2, 0) is 15.6 Å². The Kier molecular flexibility index (Phi) is 4.62. The van der Waals surface area contributed by atoms with Gasteiger partial charge in [-0.1, -0.05) is 29.8 Å². The topological polar surface area (TPSA) is 60.2 Å². The van der Waals surface area contributed by atoms with Gasteiger partial charge in [0.25, 0.3) is 0 Å². The van der Waals surface area contributed by atoms with E-state index >= 15 is 0 Å². The standard InChI is InChI=1S/C14H14ClNO2S2/c1-20(17,18)11-6-7-14(13(16)8-11)19-9-10-4-2-3-5-12(10)15/h2-8H,9,16H2,1H3. The number of rotatable bonds is 4. The van der Waals surface area contributed by atoms with Crippen LogP contribution in [0.2, 0.25) is 5.02 Å². The summed E-state index contributed by atoms with van der Waals surface area (Å²) < 4.78 is 22.9. The predicted molar refractivity (Wildman–Crippen MR) is 85.0 cm³/mol. The minimum atomic E-state index is -3.23. The van der Waals surface area contributed by atoms with Crippen molar-refractivity contribution < 1.29 is 8.42 Å². The molecule has 3 nitrogen and oxygen atoms in total. The first kappa shape index (κ1) is 15.2. The zero-order chi connectivity index (χ0) is 14.8. The fourth-order valence-corrected chi connectivity index (χ4v) is 3.55. The van der Waals surface area contributed by atoms with Gasteiger partial charge in [-0.25, -0.2) is 8.42 Å². The third-order valence-corrected chi connectivity index (χ3v) is 5.37. The maximum Gasteiger partial charge on any atom is 0.175 e. The highest BCUT2D eigenvalue weighted by Crippen LogP contribution is 2.31. The molecule has 106 valence electrons. The van der Waals surface area contributed by atoms with E-state index in [1.807, 2.05) is 24.3 Å². The van der Waals surface area contributed by atoms with Gasteiger partial charge in [0.05, 0.1) is 4.90 Å². The Morgan fingerprint density at radius 3 is 2.50 bits per heavy atom. The number of hydrogen-bond acceptors (Lipinski definition) is 4. The lowest BCUT2D eigenvalue weighted by molar-refractivity contribution is 0.602. The summed E-state index contributed by atoms with van der Waals surface area (Å²) in [7, 11) is -3.23. The van der Waals surface area contributed by atoms with E-state index in [1.54, 1.807) is 12.1 Å². The first-order valence-electron chi connectivity index (χ1n) is 5.84. The molecule has 20 heavy (non-hydrogen) atoms. The van der Waals surface area contributed by atoms with Crippen LogP contribution in [0.5, 0.6) is 0 Å². The van der Waals surface area contributed by atoms with Crippen LogP contribution in [0.3, 0.4) is 0 Å². The van der Waals surface area contributed by atoms with Crippen LogP contribution in [0.4, 0.5) is 5.69 Å². The predicted octanol–water partition coefficient (Wildman–Crippen LogP) is 3.62. The first-order valence-corrected chi connectivity index (χ1v) is 9.09. The maximum absolute atomic E-state index is 11.4. The summed E-state index contributed by atoms with van der Waals surface area (Å²) in [6, 6.07) is 12.4. The zero-order valence-electron chi connectivity index (χ0n) is 10.8. The van der Waals surface area contributed by atoms with E-state index < -0.39 is 9.84 Å². The molecule has 0 atom stereocenters. The second kappa shape index (κ2) is 6.08. The van der Waals surface area contributed by atoms with E-state index in [9.17, 15) is 8.42 Å². The van der Waals surface area contributed by atoms with E-state index in [4.69, 9.17) is 17.3 Å². The number of sulfone groups is 1. The Hall–Kier alpha value is -1.17. The monoisotopic (exact) mass is 327 g/mol. The summed E-state index contributed by atoms with van der Waals surface area (Å²) in [5, 5.41) is 0.714. The number of anilines is 1. The molecule has 0 bridgehead atoms. The number of hydrogen-bond donors (Lipinski definition) is 1. The zero-order valence-corrected chi connectivity index (χ0v) is 13.2. The molecule has 0 aromatic heterocycles. The van der Waals surface area contributed by atoms with E-state index in [-0.39, 0.29) is 4.90 Å². The number of halogens is 1. The Morgan fingerprint density at radius 1 is 1.20 bits per heavy atom. The molecule has 2 N–H and O–H groups in total. The Bertz CT molecular complexity index is 730. The third-order valence-electron chi connectivity index (χ3n) is 2.75. The fourth-order valence-electron chi connectivity index (χ4n) is 1.66. The molecule has 2 aromatic rings. The Morgan fingerprint density at radius 2 is 1.90 bits per heavy atom. The van der Waals surface area contributed by atoms with E-state index in [0.29, 0.717) is 16.5 Å². The number of benzene rings is 2. The van der Waals surface area contributed by atoms with Gasteiger partial charge in [0.2, 0.25) is 0 Å². The molecule has 0 heterocycles. The molecule has 0 aliphatic heterocycles. The van der Waals surface area contributed by atoms with Gasteiger partial charge < -0.3 is 5.73 Å². The quantitative estimate of drug-likeness (QED) is 0.688. The molecule has 0 amide bonds. The summed E-state index contributed by atoms with van der Waals surface area (Å²) in [6.45, 7) is 0. The molecule has 2 rings (SSSR count). The molecular formula is C14H14ClNO2S2. The van der Waals surface area contributed by atoms with Gasteiger partial charge >= 0.3 is 0 Å². The van der Waals surface area contributed by atoms with E-state index in [2.05, 4.69) is 0 Å². The van der Waals surface area contributed by atoms with Gasteiger partial charge in [-0.3, -0.25) is 0 Å². The van der Waals surface area contributed by atoms with Gasteiger partial charge in [-0.05, 0) is 29.8 Å². The lowest BCUT2D eigenvalue weighted by atomic mass is 10.2. The lowest BCUT2D eigenvalue weighted by Gasteiger charge is -2.08. The van der Waals surface area contributed by atoms with Crippen molar-refractivity contribution in [3.63, 3.8) is 0 Å². The van der Waals surface area contributed by atoms with Crippen molar-refractivity contribution in [1.82, 2.24) is 0 Å². The molecule has 0 spiro atoms. The van der Waals surface area contributed by atoms with Crippen LogP contribution in [-0.4, -0.2) is 14.7 Å². The summed E-state index contributed by atoms with van der Waals surface area (Å²) in [6.07, 6.45) is 1.17. The van der Waals surface area contributed by atoms with Gasteiger partial charge in [0.15, 0.2) is 9.84 Å². The van der Waals surface area contributed by atoms with Gasteiger partial charge in [-0.15, -0.1) is 11.8 Å². The highest BCUT2D eigenvalue weighted by Gasteiger charge is 2.10. The molecule has 0 saturated carbocycles. The maximum atomic E-state index is 11.4. The van der Waals surface area contributed by atoms with Crippen LogP contribution in [0.25, 0.3) is 0 Å². The van der Waals surface area contributed by atoms with Crippen LogP contribution < -0.4 is 5.73 Å². The van der Waals surface area contributed by atoms with Gasteiger partial charge in [0, 0.05) is 27.6 Å². The van der Waals surface area contributed by atoms with Crippen molar-refractivity contribution in [2.75, 3.05) is 12.0 Å². The van der Waals surface area contributed by atoms with E-state index in [0.717, 1.165) is 10.5 Å². The highest BCUT2D eigenvalue weighted by molar-refractivity contribution is 7.98. The van der Waals surface area contributed by atoms with Crippen LogP contribution in [0.1, 0.15) is 5.56 Å². The molecule has 2 aromatic carbocycles.